The van der Waals surface area contributed by atoms with Crippen LogP contribution in [0, 0.1) is 17.3 Å². The van der Waals surface area contributed by atoms with E-state index in [1.807, 2.05) is 0 Å². The minimum Gasteiger partial charge on any atom is -0.478 e. The maximum atomic E-state index is 14.7. The van der Waals surface area contributed by atoms with E-state index in [0.29, 0.717) is 0 Å². The lowest BCUT2D eigenvalue weighted by Crippen LogP contribution is -2.58. The molecule has 0 aliphatic heterocycles. The third-order valence-corrected chi connectivity index (χ3v) is 8.56. The van der Waals surface area contributed by atoms with Crippen LogP contribution in [-0.4, -0.2) is 94.7 Å². The molecule has 0 saturated heterocycles. The van der Waals surface area contributed by atoms with E-state index < -0.39 is 119 Å². The largest absolute Gasteiger partial charge is 0.478 e. The maximum absolute atomic E-state index is 14.7. The zero-order valence-electron chi connectivity index (χ0n) is 30.0. The smallest absolute Gasteiger partial charge is 0.333 e. The second-order valence-electron chi connectivity index (χ2n) is 13.2. The Hall–Kier alpha value is -4.66. The van der Waals surface area contributed by atoms with Crippen LogP contribution >= 0.6 is 0 Å². The number of hydrogen-bond acceptors (Lipinski definition) is 14. The number of carboxylic acids is 1. The Kier molecular flexibility index (Phi) is 13.2. The summed E-state index contributed by atoms with van der Waals surface area (Å²) < 4.78 is 34.5. The van der Waals surface area contributed by atoms with E-state index in [2.05, 4.69) is 6.58 Å². The first-order valence-corrected chi connectivity index (χ1v) is 15.8. The lowest BCUT2D eigenvalue weighted by atomic mass is 9.72. The van der Waals surface area contributed by atoms with Crippen molar-refractivity contribution < 1.29 is 71.9 Å². The van der Waals surface area contributed by atoms with Crippen LogP contribution in [0.4, 0.5) is 0 Å². The molecule has 15 nitrogen and oxygen atoms in total. The summed E-state index contributed by atoms with van der Waals surface area (Å²) in [5.74, 6) is -10.5. The number of carbonyl (C=O) groups is 8. The molecule has 1 saturated carbocycles. The van der Waals surface area contributed by atoms with E-state index in [1.165, 1.54) is 52.8 Å². The molecular weight excluding hydrogens is 660 g/mol. The van der Waals surface area contributed by atoms with Crippen molar-refractivity contribution in [3.63, 3.8) is 0 Å². The van der Waals surface area contributed by atoms with Crippen LogP contribution in [0.2, 0.25) is 0 Å². The van der Waals surface area contributed by atoms with E-state index >= 15 is 0 Å². The van der Waals surface area contributed by atoms with Crippen molar-refractivity contribution in [2.45, 2.75) is 111 Å². The van der Waals surface area contributed by atoms with Gasteiger partial charge in [0.1, 0.15) is 6.10 Å². The number of ether oxygens (including phenoxy) is 6. The summed E-state index contributed by atoms with van der Waals surface area (Å²) in [6, 6.07) is 0. The van der Waals surface area contributed by atoms with Crippen molar-refractivity contribution in [1.29, 1.82) is 0 Å². The molecule has 0 bridgehead atoms. The molecule has 0 aromatic heterocycles. The predicted octanol–water partition coefficient (Wildman–Crippen LogP) is 2.77. The molecular formula is C35H46O15. The van der Waals surface area contributed by atoms with Crippen LogP contribution < -0.4 is 0 Å². The van der Waals surface area contributed by atoms with Crippen LogP contribution in [0.1, 0.15) is 75.7 Å². The molecule has 0 radical (unpaired) electrons. The van der Waals surface area contributed by atoms with Crippen molar-refractivity contribution >= 4 is 47.4 Å². The van der Waals surface area contributed by atoms with Crippen molar-refractivity contribution in [3.8, 4) is 0 Å². The Morgan fingerprint density at radius 2 is 1.34 bits per heavy atom. The van der Waals surface area contributed by atoms with Crippen molar-refractivity contribution in [3.05, 3.63) is 36.0 Å². The van der Waals surface area contributed by atoms with Crippen molar-refractivity contribution in [2.75, 3.05) is 6.61 Å². The molecule has 0 unspecified atom stereocenters. The quantitative estimate of drug-likeness (QED) is 0.158. The van der Waals surface area contributed by atoms with Crippen molar-refractivity contribution in [2.24, 2.45) is 17.3 Å². The molecule has 2 rings (SSSR count). The number of carboxylic acid groups (broad SMARTS) is 1. The lowest BCUT2D eigenvalue weighted by molar-refractivity contribution is -0.190. The average molecular weight is 707 g/mol. The number of esters is 5. The van der Waals surface area contributed by atoms with E-state index in [4.69, 9.17) is 28.4 Å². The molecule has 0 spiro atoms. The Morgan fingerprint density at radius 3 is 1.80 bits per heavy atom. The number of allylic oxidation sites excluding steroid dienone is 3. The van der Waals surface area contributed by atoms with Gasteiger partial charge in [0.2, 0.25) is 0 Å². The predicted molar refractivity (Wildman–Crippen MR) is 172 cm³/mol. The Morgan fingerprint density at radius 1 is 0.820 bits per heavy atom. The number of aliphatic carboxylic acids is 1. The molecule has 2 aliphatic carbocycles. The molecule has 0 heterocycles. The highest BCUT2D eigenvalue weighted by atomic mass is 16.6. The highest BCUT2D eigenvalue weighted by Crippen LogP contribution is 2.54. The summed E-state index contributed by atoms with van der Waals surface area (Å²) in [6.07, 6.45) is -3.80. The molecule has 2 aliphatic rings. The van der Waals surface area contributed by atoms with Gasteiger partial charge in [0.15, 0.2) is 41.1 Å². The summed E-state index contributed by atoms with van der Waals surface area (Å²) in [6.45, 7) is 15.7. The summed E-state index contributed by atoms with van der Waals surface area (Å²) >= 11 is 0. The highest BCUT2D eigenvalue weighted by Gasteiger charge is 2.72. The SMILES string of the molecule is C=C1[C@H](OC(C)=O)[C@H]2[C@@H](OC(C)=O)[C@](C)(OC(C)=O)C[C@]2(OC(C)=O)C(=O)[C@@H](C)/C=C/C(C)(C)C(=O)[C@H](OC/C(=C/C)C(=O)O)[C@H]1OC(C)=O. The molecule has 0 amide bonds. The summed E-state index contributed by atoms with van der Waals surface area (Å²) in [7, 11) is 0. The number of rotatable bonds is 9. The second kappa shape index (κ2) is 15.9. The lowest BCUT2D eigenvalue weighted by Gasteiger charge is -2.42. The minimum absolute atomic E-state index is 0.253. The number of Topliss-reactive ketones (excluding diaryl/α,β-unsaturated/α-hetero) is 2. The van der Waals surface area contributed by atoms with Crippen LogP contribution in [0.5, 0.6) is 0 Å². The highest BCUT2D eigenvalue weighted by molar-refractivity contribution is 5.95. The van der Waals surface area contributed by atoms with E-state index in [1.54, 1.807) is 0 Å². The Labute approximate surface area is 290 Å². The van der Waals surface area contributed by atoms with Gasteiger partial charge in [0.25, 0.3) is 0 Å². The molecule has 15 heteroatoms. The van der Waals surface area contributed by atoms with Gasteiger partial charge in [0, 0.05) is 57.9 Å². The van der Waals surface area contributed by atoms with Gasteiger partial charge in [-0.05, 0) is 27.7 Å². The average Bonchev–Trinajstić information content (AvgIpc) is 3.19. The topological polar surface area (TPSA) is 212 Å². The van der Waals surface area contributed by atoms with Gasteiger partial charge in [-0.1, -0.05) is 31.7 Å². The molecule has 0 aromatic rings. The Balaban J connectivity index is 3.19. The van der Waals surface area contributed by atoms with E-state index in [9.17, 15) is 43.5 Å². The fourth-order valence-corrected chi connectivity index (χ4v) is 6.52. The van der Waals surface area contributed by atoms with Gasteiger partial charge in [-0.15, -0.1) is 0 Å². The normalized spacial score (nSPS) is 32.0. The molecule has 8 atom stereocenters. The minimum atomic E-state index is -2.37. The van der Waals surface area contributed by atoms with Gasteiger partial charge in [-0.2, -0.15) is 0 Å². The van der Waals surface area contributed by atoms with Gasteiger partial charge >= 0.3 is 35.8 Å². The van der Waals surface area contributed by atoms with Crippen molar-refractivity contribution in [1.82, 2.24) is 0 Å². The number of carbonyl (C=O) groups excluding carboxylic acids is 7. The number of fused-ring (bicyclic) bond motifs is 1. The maximum Gasteiger partial charge on any atom is 0.333 e. The van der Waals surface area contributed by atoms with Crippen LogP contribution in [-0.2, 0) is 66.8 Å². The third-order valence-electron chi connectivity index (χ3n) is 8.56. The van der Waals surface area contributed by atoms with Crippen LogP contribution in [0.3, 0.4) is 0 Å². The third kappa shape index (κ3) is 9.11. The van der Waals surface area contributed by atoms with E-state index in [-0.39, 0.29) is 5.57 Å². The second-order valence-corrected chi connectivity index (χ2v) is 13.2. The molecule has 1 N–H and O–H groups in total. The molecule has 0 aromatic carbocycles. The molecule has 1 fully saturated rings. The first-order chi connectivity index (χ1) is 22.9. The fraction of sp³-hybridized carbons (Fsp3) is 0.600. The zero-order chi connectivity index (χ0) is 38.5. The summed E-state index contributed by atoms with van der Waals surface area (Å²) in [5, 5.41) is 9.64. The monoisotopic (exact) mass is 706 g/mol. The first kappa shape index (κ1) is 41.5. The molecule has 276 valence electrons. The van der Waals surface area contributed by atoms with Gasteiger partial charge < -0.3 is 33.5 Å². The summed E-state index contributed by atoms with van der Waals surface area (Å²) in [5.41, 5.74) is -6.40. The van der Waals surface area contributed by atoms with Gasteiger partial charge in [0.05, 0.1) is 18.1 Å². The molecule has 50 heavy (non-hydrogen) atoms. The summed E-state index contributed by atoms with van der Waals surface area (Å²) in [4.78, 5) is 104. The standard InChI is InChI=1S/C35H46O15/c1-12-24(32(43)44)15-45-28-27(47-20(5)37)18(3)26(46-19(4)36)25-31(48-21(6)38)34(11,49-22(7)39)16-35(25,50-23(8)40)29(41)17(2)13-14-33(9,10)30(28)42/h12-14,17,25-28,31H,3,15-16H2,1-2,4-11H3,(H,43,44)/b14-13+,24-12-/t17-,25-,26-,27-,28+,31+,34+,35+/m0/s1. The fourth-order valence-electron chi connectivity index (χ4n) is 6.52. The van der Waals surface area contributed by atoms with E-state index in [0.717, 1.165) is 34.6 Å². The number of hydrogen-bond donors (Lipinski definition) is 1. The zero-order valence-corrected chi connectivity index (χ0v) is 30.0. The number of ketones is 2. The van der Waals surface area contributed by atoms with Crippen LogP contribution in [0.25, 0.3) is 0 Å². The van der Waals surface area contributed by atoms with Crippen LogP contribution in [0.15, 0.2) is 36.0 Å². The first-order valence-electron chi connectivity index (χ1n) is 15.8. The van der Waals surface area contributed by atoms with Gasteiger partial charge in [-0.25, -0.2) is 4.79 Å². The Bertz CT molecular complexity index is 1500. The van der Waals surface area contributed by atoms with Gasteiger partial charge in [-0.3, -0.25) is 33.6 Å².